The van der Waals surface area contributed by atoms with E-state index in [4.69, 9.17) is 15.0 Å². The van der Waals surface area contributed by atoms with Gasteiger partial charge in [-0.15, -0.1) is 12.4 Å². The molecule has 0 spiro atoms. The first-order valence-corrected chi connectivity index (χ1v) is 7.84. The monoisotopic (exact) mass is 301 g/mol. The van der Waals surface area contributed by atoms with Crippen molar-refractivity contribution >= 4 is 19.5 Å². The second-order valence-electron chi connectivity index (χ2n) is 8.13. The predicted octanol–water partition coefficient (Wildman–Crippen LogP) is 3.05. The van der Waals surface area contributed by atoms with Gasteiger partial charge < -0.3 is 15.0 Å². The Hall–Kier alpha value is 0.235. The van der Waals surface area contributed by atoms with Crippen molar-refractivity contribution < 1.29 is 9.31 Å². The summed E-state index contributed by atoms with van der Waals surface area (Å²) in [5.74, 6) is 2.02. The van der Waals surface area contributed by atoms with Crippen LogP contribution < -0.4 is 5.73 Å². The van der Waals surface area contributed by atoms with Gasteiger partial charge in [0.2, 0.25) is 0 Å². The Kier molecular flexibility index (Phi) is 4.28. The summed E-state index contributed by atoms with van der Waals surface area (Å²) in [6.07, 6.45) is 3.67. The van der Waals surface area contributed by atoms with Crippen LogP contribution in [0.2, 0.25) is 0 Å². The zero-order valence-corrected chi connectivity index (χ0v) is 14.2. The minimum Gasteiger partial charge on any atom is -0.404 e. The maximum Gasteiger partial charge on any atom is 0.475 e. The molecule has 0 radical (unpaired) electrons. The second-order valence-corrected chi connectivity index (χ2v) is 8.13. The van der Waals surface area contributed by atoms with Gasteiger partial charge >= 0.3 is 7.12 Å². The number of rotatable bonds is 3. The lowest BCUT2D eigenvalue weighted by atomic mass is 9.43. The van der Waals surface area contributed by atoms with Crippen molar-refractivity contribution in [2.24, 2.45) is 28.9 Å². The van der Waals surface area contributed by atoms with Crippen LogP contribution in [0, 0.1) is 23.2 Å². The SMILES string of the molecule is CC(C)C[C@@H](N)B1OC2C[C@H]3C[C@H](C3(C)C)[C@@]2(C)O1.Cl. The highest BCUT2D eigenvalue weighted by Crippen LogP contribution is 2.65. The first-order chi connectivity index (χ1) is 8.75. The van der Waals surface area contributed by atoms with Crippen LogP contribution in [-0.2, 0) is 9.31 Å². The van der Waals surface area contributed by atoms with Crippen LogP contribution in [0.1, 0.15) is 53.9 Å². The summed E-state index contributed by atoms with van der Waals surface area (Å²) in [4.78, 5) is 0. The second kappa shape index (κ2) is 5.15. The molecule has 3 saturated carbocycles. The topological polar surface area (TPSA) is 44.5 Å². The Morgan fingerprint density at radius 1 is 1.25 bits per heavy atom. The lowest BCUT2D eigenvalue weighted by Gasteiger charge is -2.64. The van der Waals surface area contributed by atoms with E-state index in [9.17, 15) is 0 Å². The van der Waals surface area contributed by atoms with Crippen molar-refractivity contribution in [3.8, 4) is 0 Å². The fourth-order valence-corrected chi connectivity index (χ4v) is 4.74. The molecular weight excluding hydrogens is 272 g/mol. The molecule has 1 aliphatic heterocycles. The van der Waals surface area contributed by atoms with Crippen LogP contribution in [0.5, 0.6) is 0 Å². The summed E-state index contributed by atoms with van der Waals surface area (Å²) in [7, 11) is -0.201. The molecule has 116 valence electrons. The molecule has 0 amide bonds. The molecular formula is C15H29BClNO2. The zero-order valence-electron chi connectivity index (χ0n) is 13.4. The van der Waals surface area contributed by atoms with Crippen molar-refractivity contribution in [1.82, 2.24) is 0 Å². The summed E-state index contributed by atoms with van der Waals surface area (Å²) in [6.45, 7) is 11.4. The highest BCUT2D eigenvalue weighted by atomic mass is 35.5. The largest absolute Gasteiger partial charge is 0.475 e. The van der Waals surface area contributed by atoms with E-state index in [1.54, 1.807) is 0 Å². The first kappa shape index (κ1) is 16.6. The van der Waals surface area contributed by atoms with Gasteiger partial charge in [-0.1, -0.05) is 27.7 Å². The van der Waals surface area contributed by atoms with Gasteiger partial charge in [-0.2, -0.15) is 0 Å². The van der Waals surface area contributed by atoms with Crippen molar-refractivity contribution in [2.45, 2.75) is 71.5 Å². The Morgan fingerprint density at radius 2 is 1.90 bits per heavy atom. The Labute approximate surface area is 129 Å². The van der Waals surface area contributed by atoms with Crippen LogP contribution in [0.4, 0.5) is 0 Å². The summed E-state index contributed by atoms with van der Waals surface area (Å²) < 4.78 is 12.5. The third kappa shape index (κ3) is 2.23. The average molecular weight is 302 g/mol. The van der Waals surface area contributed by atoms with Crippen LogP contribution in [0.3, 0.4) is 0 Å². The van der Waals surface area contributed by atoms with Gasteiger partial charge in [0.05, 0.1) is 11.7 Å². The van der Waals surface area contributed by atoms with Crippen LogP contribution in [-0.4, -0.2) is 24.8 Å². The third-order valence-corrected chi connectivity index (χ3v) is 6.06. The number of halogens is 1. The highest BCUT2D eigenvalue weighted by Gasteiger charge is 2.68. The normalized spacial score (nSPS) is 42.8. The van der Waals surface area contributed by atoms with E-state index < -0.39 is 0 Å². The van der Waals surface area contributed by atoms with E-state index in [1.807, 2.05) is 0 Å². The van der Waals surface area contributed by atoms with Gasteiger partial charge in [0, 0.05) is 5.94 Å². The van der Waals surface area contributed by atoms with Crippen LogP contribution in [0.25, 0.3) is 0 Å². The molecule has 2 bridgehead atoms. The van der Waals surface area contributed by atoms with E-state index >= 15 is 0 Å². The molecule has 1 heterocycles. The van der Waals surface area contributed by atoms with E-state index in [-0.39, 0.29) is 37.2 Å². The number of hydrogen-bond donors (Lipinski definition) is 1. The number of hydrogen-bond acceptors (Lipinski definition) is 3. The molecule has 0 aromatic heterocycles. The summed E-state index contributed by atoms with van der Waals surface area (Å²) in [5.41, 5.74) is 6.56. The first-order valence-electron chi connectivity index (χ1n) is 7.84. The summed E-state index contributed by atoms with van der Waals surface area (Å²) in [5, 5.41) is 0. The van der Waals surface area contributed by atoms with Gasteiger partial charge in [-0.25, -0.2) is 0 Å². The minimum atomic E-state index is -0.201. The van der Waals surface area contributed by atoms with Gasteiger partial charge in [-0.3, -0.25) is 0 Å². The van der Waals surface area contributed by atoms with E-state index in [0.717, 1.165) is 18.8 Å². The Balaban J connectivity index is 0.00000147. The van der Waals surface area contributed by atoms with E-state index in [2.05, 4.69) is 34.6 Å². The molecule has 1 saturated heterocycles. The maximum absolute atomic E-state index is 6.35. The summed E-state index contributed by atoms with van der Waals surface area (Å²) >= 11 is 0. The predicted molar refractivity (Wildman–Crippen MR) is 84.8 cm³/mol. The van der Waals surface area contributed by atoms with Gasteiger partial charge in [0.15, 0.2) is 0 Å². The molecule has 4 fully saturated rings. The van der Waals surface area contributed by atoms with Crippen molar-refractivity contribution in [2.75, 3.05) is 0 Å². The molecule has 0 aromatic carbocycles. The molecule has 4 aliphatic rings. The van der Waals surface area contributed by atoms with Crippen LogP contribution in [0.15, 0.2) is 0 Å². The fourth-order valence-electron chi connectivity index (χ4n) is 4.74. The minimum absolute atomic E-state index is 0. The quantitative estimate of drug-likeness (QED) is 0.815. The number of nitrogens with two attached hydrogens (primary N) is 1. The molecule has 3 nitrogen and oxygen atoms in total. The van der Waals surface area contributed by atoms with Crippen molar-refractivity contribution in [3.63, 3.8) is 0 Å². The fraction of sp³-hybridized carbons (Fsp3) is 1.00. The standard InChI is InChI=1S/C15H28BNO2.ClH/c1-9(2)6-13(17)16-18-12-8-10-7-11(14(10,3)4)15(12,5)19-16;/h9-13H,6-8,17H2,1-5H3;1H/t10-,11-,12?,13-,15-;/m1./s1. The lowest BCUT2D eigenvalue weighted by Crippen LogP contribution is -2.65. The van der Waals surface area contributed by atoms with Gasteiger partial charge in [0.25, 0.3) is 0 Å². The summed E-state index contributed by atoms with van der Waals surface area (Å²) in [6, 6.07) is 0. The Bertz CT molecular complexity index is 379. The van der Waals surface area contributed by atoms with Crippen molar-refractivity contribution in [3.05, 3.63) is 0 Å². The molecule has 1 unspecified atom stereocenters. The third-order valence-electron chi connectivity index (χ3n) is 6.06. The maximum atomic E-state index is 6.35. The van der Waals surface area contributed by atoms with Crippen LogP contribution >= 0.6 is 12.4 Å². The molecule has 5 heteroatoms. The lowest BCUT2D eigenvalue weighted by molar-refractivity contribution is -0.199. The van der Waals surface area contributed by atoms with Crippen molar-refractivity contribution in [1.29, 1.82) is 0 Å². The van der Waals surface area contributed by atoms with E-state index in [1.165, 1.54) is 6.42 Å². The molecule has 20 heavy (non-hydrogen) atoms. The zero-order chi connectivity index (χ0) is 14.0. The van der Waals surface area contributed by atoms with Gasteiger partial charge in [-0.05, 0) is 49.4 Å². The smallest absolute Gasteiger partial charge is 0.404 e. The molecule has 3 aliphatic carbocycles. The Morgan fingerprint density at radius 3 is 2.45 bits per heavy atom. The van der Waals surface area contributed by atoms with Gasteiger partial charge in [0.1, 0.15) is 0 Å². The highest BCUT2D eigenvalue weighted by molar-refractivity contribution is 6.47. The molecule has 0 aromatic rings. The van der Waals surface area contributed by atoms with E-state index in [0.29, 0.717) is 17.3 Å². The average Bonchev–Trinajstić information content (AvgIpc) is 2.64. The molecule has 2 N–H and O–H groups in total. The molecule has 4 rings (SSSR count). The molecule has 5 atom stereocenters.